The Morgan fingerprint density at radius 3 is 2.46 bits per heavy atom. The molecule has 1 fully saturated rings. The van der Waals surface area contributed by atoms with E-state index >= 15 is 0 Å². The van der Waals surface area contributed by atoms with Crippen LogP contribution in [0.15, 0.2) is 50.8 Å². The molecule has 3 heterocycles. The molecule has 0 radical (unpaired) electrons. The first-order valence-corrected chi connectivity index (χ1v) is 13.8. The number of fused-ring (bicyclic) bond motifs is 2. The minimum atomic E-state index is -0.510. The zero-order valence-electron chi connectivity index (χ0n) is 22.5. The van der Waals surface area contributed by atoms with Crippen molar-refractivity contribution in [3.8, 4) is 5.69 Å². The standard InChI is InChI=1S/C26H25FN6O3S.C2H6/c1-13-4-8-20(18(27)10-13)29-23-21-22(14(2)24(34)31(23)3)32(26(36)33(25(21)35)16-5-6-16)17-7-9-19-15(11-17)12-28-37-30-19;1-2/h4,7-11,16,28-30H,5-6,12H2,1-3H3;1-2H3. The van der Waals surface area contributed by atoms with Crippen molar-refractivity contribution in [1.82, 2.24) is 18.4 Å². The van der Waals surface area contributed by atoms with Crippen LogP contribution in [0.25, 0.3) is 16.6 Å². The summed E-state index contributed by atoms with van der Waals surface area (Å²) in [6.45, 7) is 7.96. The number of nitrogens with zero attached hydrogens (tertiary/aromatic N) is 3. The molecule has 9 nitrogen and oxygen atoms in total. The van der Waals surface area contributed by atoms with E-state index in [-0.39, 0.29) is 34.0 Å². The zero-order chi connectivity index (χ0) is 28.0. The molecule has 11 heteroatoms. The van der Waals surface area contributed by atoms with Gasteiger partial charge in [-0.05, 0) is 68.1 Å². The number of nitrogens with one attached hydrogen (secondary N) is 3. The van der Waals surface area contributed by atoms with Crippen LogP contribution < -0.4 is 31.6 Å². The third-order valence-electron chi connectivity index (χ3n) is 6.98. The molecular formula is C28H31FN6O3S. The van der Waals surface area contributed by atoms with E-state index < -0.39 is 22.6 Å². The van der Waals surface area contributed by atoms with Gasteiger partial charge in [-0.25, -0.2) is 13.9 Å². The summed E-state index contributed by atoms with van der Waals surface area (Å²) in [6, 6.07) is 10.0. The Bertz CT molecular complexity index is 1790. The molecule has 1 saturated carbocycles. The number of aromatic nitrogens is 3. The molecule has 0 atom stereocenters. The molecule has 0 unspecified atom stereocenters. The lowest BCUT2D eigenvalue weighted by Crippen LogP contribution is -2.41. The second kappa shape index (κ2) is 10.4. The van der Waals surface area contributed by atoms with Crippen molar-refractivity contribution in [1.29, 1.82) is 0 Å². The minimum absolute atomic E-state index is 0.129. The predicted molar refractivity (Wildman–Crippen MR) is 156 cm³/mol. The molecule has 2 aliphatic rings. The van der Waals surface area contributed by atoms with E-state index in [0.717, 1.165) is 29.7 Å². The molecule has 0 spiro atoms. The van der Waals surface area contributed by atoms with E-state index in [1.54, 1.807) is 32.0 Å². The van der Waals surface area contributed by atoms with Gasteiger partial charge in [0.2, 0.25) is 0 Å². The van der Waals surface area contributed by atoms with Gasteiger partial charge < -0.3 is 10.0 Å². The second-order valence-corrected chi connectivity index (χ2v) is 10.3. The fraction of sp³-hybridized carbons (Fsp3) is 0.321. The normalized spacial score (nSPS) is 14.3. The maximum absolute atomic E-state index is 14.8. The Kier molecular flexibility index (Phi) is 7.13. The van der Waals surface area contributed by atoms with Gasteiger partial charge in [0.15, 0.2) is 0 Å². The van der Waals surface area contributed by atoms with Gasteiger partial charge in [0.25, 0.3) is 11.1 Å². The molecule has 1 aliphatic heterocycles. The summed E-state index contributed by atoms with van der Waals surface area (Å²) in [4.78, 5) is 41.1. The molecule has 39 heavy (non-hydrogen) atoms. The van der Waals surface area contributed by atoms with Gasteiger partial charge in [-0.2, -0.15) is 0 Å². The smallest absolute Gasteiger partial charge is 0.336 e. The molecule has 0 amide bonds. The van der Waals surface area contributed by atoms with Crippen LogP contribution in [0.5, 0.6) is 0 Å². The van der Waals surface area contributed by atoms with Crippen LogP contribution in [0.1, 0.15) is 49.4 Å². The average molecular weight is 551 g/mol. The second-order valence-electron chi connectivity index (χ2n) is 9.56. The van der Waals surface area contributed by atoms with E-state index in [4.69, 9.17) is 0 Å². The molecule has 2 aromatic carbocycles. The highest BCUT2D eigenvalue weighted by Crippen LogP contribution is 2.34. The molecule has 3 N–H and O–H groups in total. The third-order valence-corrected chi connectivity index (χ3v) is 7.59. The van der Waals surface area contributed by atoms with Crippen LogP contribution in [0, 0.1) is 19.7 Å². The van der Waals surface area contributed by atoms with Gasteiger partial charge in [0.05, 0.1) is 16.9 Å². The lowest BCUT2D eigenvalue weighted by atomic mass is 10.1. The first-order valence-electron chi connectivity index (χ1n) is 13.0. The van der Waals surface area contributed by atoms with Crippen molar-refractivity contribution < 1.29 is 4.39 Å². The summed E-state index contributed by atoms with van der Waals surface area (Å²) < 4.78 is 25.2. The molecule has 1 aliphatic carbocycles. The van der Waals surface area contributed by atoms with E-state index in [1.807, 2.05) is 26.0 Å². The summed E-state index contributed by atoms with van der Waals surface area (Å²) in [5.74, 6) is -0.372. The van der Waals surface area contributed by atoms with Crippen molar-refractivity contribution >= 4 is 40.2 Å². The number of rotatable bonds is 4. The first kappa shape index (κ1) is 26.8. The largest absolute Gasteiger partial charge is 0.338 e. The van der Waals surface area contributed by atoms with Gasteiger partial charge in [0.1, 0.15) is 17.0 Å². The van der Waals surface area contributed by atoms with Gasteiger partial charge in [-0.3, -0.25) is 23.3 Å². The first-order chi connectivity index (χ1) is 18.8. The Hall–Kier alpha value is -3.83. The van der Waals surface area contributed by atoms with E-state index in [9.17, 15) is 18.8 Å². The van der Waals surface area contributed by atoms with E-state index in [2.05, 4.69) is 14.8 Å². The highest BCUT2D eigenvalue weighted by molar-refractivity contribution is 7.98. The molecular weight excluding hydrogens is 519 g/mol. The molecule has 4 aromatic rings. The number of hydrogen-bond donors (Lipinski definition) is 3. The highest BCUT2D eigenvalue weighted by Gasteiger charge is 2.31. The highest BCUT2D eigenvalue weighted by atomic mass is 32.2. The molecule has 6 rings (SSSR count). The lowest BCUT2D eigenvalue weighted by molar-refractivity contribution is 0.630. The summed E-state index contributed by atoms with van der Waals surface area (Å²) in [5, 5.41) is 3.15. The Balaban J connectivity index is 0.00000151. The fourth-order valence-corrected chi connectivity index (χ4v) is 5.48. The summed E-state index contributed by atoms with van der Waals surface area (Å²) >= 11 is 1.38. The quantitative estimate of drug-likeness (QED) is 0.314. The number of halogens is 1. The predicted octanol–water partition coefficient (Wildman–Crippen LogP) is 4.79. The Morgan fingerprint density at radius 1 is 1.03 bits per heavy atom. The van der Waals surface area contributed by atoms with Gasteiger partial charge in [0, 0.05) is 43.0 Å². The molecule has 204 valence electrons. The van der Waals surface area contributed by atoms with Crippen LogP contribution in [-0.2, 0) is 13.6 Å². The molecule has 0 saturated heterocycles. The average Bonchev–Trinajstić information content (AvgIpc) is 3.77. The van der Waals surface area contributed by atoms with E-state index in [0.29, 0.717) is 12.2 Å². The topological polar surface area (TPSA) is 102 Å². The molecule has 2 aromatic heterocycles. The Morgan fingerprint density at radius 2 is 1.77 bits per heavy atom. The van der Waals surface area contributed by atoms with Crippen LogP contribution in [-0.4, -0.2) is 13.7 Å². The SMILES string of the molecule is CC.Cc1ccc(Nc2c3c(=O)n(C4CC4)c(=O)n(-c4ccc5c(c4)CNSN5)c3c(C)c(=O)n2C)c(F)c1. The van der Waals surface area contributed by atoms with Crippen LogP contribution in [0.3, 0.4) is 0 Å². The van der Waals surface area contributed by atoms with Crippen molar-refractivity contribution in [3.63, 3.8) is 0 Å². The van der Waals surface area contributed by atoms with Gasteiger partial charge in [-0.15, -0.1) is 0 Å². The maximum atomic E-state index is 14.8. The lowest BCUT2D eigenvalue weighted by Gasteiger charge is -2.22. The number of hydrogen-bond acceptors (Lipinski definition) is 7. The van der Waals surface area contributed by atoms with Crippen molar-refractivity contribution in [3.05, 3.63) is 90.1 Å². The monoisotopic (exact) mass is 550 g/mol. The van der Waals surface area contributed by atoms with Crippen LogP contribution in [0.4, 0.5) is 21.6 Å². The third kappa shape index (κ3) is 4.55. The van der Waals surface area contributed by atoms with Crippen molar-refractivity contribution in [2.24, 2.45) is 7.05 Å². The minimum Gasteiger partial charge on any atom is -0.338 e. The number of aryl methyl sites for hydroxylation is 2. The van der Waals surface area contributed by atoms with Crippen LogP contribution >= 0.6 is 12.1 Å². The summed E-state index contributed by atoms with van der Waals surface area (Å²) in [6.07, 6.45) is 1.44. The van der Waals surface area contributed by atoms with Crippen molar-refractivity contribution in [2.75, 3.05) is 10.0 Å². The number of anilines is 3. The van der Waals surface area contributed by atoms with Crippen LogP contribution in [0.2, 0.25) is 0 Å². The number of benzene rings is 2. The summed E-state index contributed by atoms with van der Waals surface area (Å²) in [7, 11) is 1.54. The van der Waals surface area contributed by atoms with Crippen molar-refractivity contribution in [2.45, 2.75) is 53.1 Å². The fourth-order valence-electron chi connectivity index (χ4n) is 4.87. The van der Waals surface area contributed by atoms with Gasteiger partial charge in [-0.1, -0.05) is 19.9 Å². The van der Waals surface area contributed by atoms with E-state index in [1.165, 1.54) is 38.9 Å². The number of pyridine rings is 1. The Labute approximate surface area is 228 Å². The zero-order valence-corrected chi connectivity index (χ0v) is 23.3. The van der Waals surface area contributed by atoms with Gasteiger partial charge >= 0.3 is 5.69 Å². The molecule has 0 bridgehead atoms. The summed E-state index contributed by atoms with van der Waals surface area (Å²) in [5.41, 5.74) is 2.38. The maximum Gasteiger partial charge on any atom is 0.336 e.